The molecule has 0 heteroatoms. The molecule has 0 saturated carbocycles. The van der Waals surface area contributed by atoms with Crippen LogP contribution in [0.4, 0.5) is 0 Å². The van der Waals surface area contributed by atoms with Crippen molar-refractivity contribution in [3.63, 3.8) is 0 Å². The van der Waals surface area contributed by atoms with Crippen molar-refractivity contribution in [2.45, 2.75) is 161 Å². The number of hydrogen-bond acceptors (Lipinski definition) is 0. The van der Waals surface area contributed by atoms with Crippen LogP contribution >= 0.6 is 0 Å². The number of rotatable bonds is 18. The zero-order valence-electron chi connectivity index (χ0n) is 26.0. The molecule has 6 atom stereocenters. The zero-order chi connectivity index (χ0) is 26.0. The van der Waals surface area contributed by atoms with Gasteiger partial charge in [-0.05, 0) is 64.6 Å². The number of hydrogen-bond donors (Lipinski definition) is 0. The van der Waals surface area contributed by atoms with Gasteiger partial charge in [0.15, 0.2) is 0 Å². The van der Waals surface area contributed by atoms with E-state index < -0.39 is 0 Å². The molecule has 6 unspecified atom stereocenters. The van der Waals surface area contributed by atoms with Crippen LogP contribution in [0.2, 0.25) is 0 Å². The van der Waals surface area contributed by atoms with Crippen LogP contribution in [-0.4, -0.2) is 0 Å². The summed E-state index contributed by atoms with van der Waals surface area (Å²) in [6.45, 7) is 35.5. The highest BCUT2D eigenvalue weighted by molar-refractivity contribution is 5.03. The van der Waals surface area contributed by atoms with Gasteiger partial charge in [-0.25, -0.2) is 0 Å². The summed E-state index contributed by atoms with van der Waals surface area (Å²) in [5.41, 5.74) is 1.12. The van der Waals surface area contributed by atoms with Gasteiger partial charge in [0.05, 0.1) is 0 Å². The van der Waals surface area contributed by atoms with E-state index in [0.717, 1.165) is 35.5 Å². The first-order valence-corrected chi connectivity index (χ1v) is 15.2. The third kappa shape index (κ3) is 7.74. The van der Waals surface area contributed by atoms with Crippen LogP contribution in [0.3, 0.4) is 0 Å². The van der Waals surface area contributed by atoms with Gasteiger partial charge < -0.3 is 0 Å². The summed E-state index contributed by atoms with van der Waals surface area (Å²) in [7, 11) is 0. The van der Waals surface area contributed by atoms with E-state index in [2.05, 4.69) is 96.9 Å². The maximum absolute atomic E-state index is 2.66. The molecule has 0 saturated heterocycles. The standard InChI is InChI=1S/C33H68/c1-15-20-23-28(10)33(27(9)21-16-2,31(11,12)19-5)24-30(26(8)18-4)32(13,14)29(22-17-3)25(6)7/h25-30H,15-24H2,1-14H3. The highest BCUT2D eigenvalue weighted by Gasteiger charge is 2.54. The van der Waals surface area contributed by atoms with Gasteiger partial charge in [-0.1, -0.05) is 148 Å². The van der Waals surface area contributed by atoms with Crippen LogP contribution in [0.25, 0.3) is 0 Å². The van der Waals surface area contributed by atoms with Gasteiger partial charge in [0.2, 0.25) is 0 Å². The molecule has 0 spiro atoms. The minimum absolute atomic E-state index is 0.356. The van der Waals surface area contributed by atoms with Gasteiger partial charge in [0.1, 0.15) is 0 Å². The fourth-order valence-corrected chi connectivity index (χ4v) is 8.28. The Kier molecular flexibility index (Phi) is 14.5. The molecule has 0 fully saturated rings. The molecule has 0 aliphatic carbocycles. The Morgan fingerprint density at radius 3 is 1.52 bits per heavy atom. The molecule has 200 valence electrons. The molecule has 0 aromatic heterocycles. The van der Waals surface area contributed by atoms with E-state index in [4.69, 9.17) is 0 Å². The first-order valence-electron chi connectivity index (χ1n) is 15.2. The summed E-state index contributed by atoms with van der Waals surface area (Å²) in [6.07, 6.45) is 13.5. The van der Waals surface area contributed by atoms with Crippen LogP contribution in [-0.2, 0) is 0 Å². The predicted octanol–water partition coefficient (Wildman–Crippen LogP) is 11.8. The second-order valence-electron chi connectivity index (χ2n) is 13.7. The first kappa shape index (κ1) is 33.0. The van der Waals surface area contributed by atoms with Crippen LogP contribution in [0.5, 0.6) is 0 Å². The minimum atomic E-state index is 0.356. The predicted molar refractivity (Wildman–Crippen MR) is 154 cm³/mol. The first-order chi connectivity index (χ1) is 15.2. The van der Waals surface area contributed by atoms with Gasteiger partial charge in [-0.2, -0.15) is 0 Å². The average molecular weight is 465 g/mol. The Morgan fingerprint density at radius 2 is 1.12 bits per heavy atom. The Labute approximate surface area is 212 Å². The minimum Gasteiger partial charge on any atom is -0.0654 e. The van der Waals surface area contributed by atoms with Crippen molar-refractivity contribution in [2.24, 2.45) is 51.8 Å². The lowest BCUT2D eigenvalue weighted by molar-refractivity contribution is -0.105. The SMILES string of the molecule is CCCCC(C)C(CC(C(C)CC)C(C)(C)C(CCC)C(C)C)(C(C)CCC)C(C)(C)CC. The summed E-state index contributed by atoms with van der Waals surface area (Å²) in [5, 5.41) is 0. The molecule has 0 heterocycles. The van der Waals surface area contributed by atoms with Gasteiger partial charge in [-0.15, -0.1) is 0 Å². The summed E-state index contributed by atoms with van der Waals surface area (Å²) in [5.74, 6) is 4.66. The highest BCUT2D eigenvalue weighted by Crippen LogP contribution is 2.62. The summed E-state index contributed by atoms with van der Waals surface area (Å²) >= 11 is 0. The Balaban J connectivity index is 6.87. The Bertz CT molecular complexity index is 498. The smallest absolute Gasteiger partial charge is 0.0192 e. The third-order valence-corrected chi connectivity index (χ3v) is 10.8. The van der Waals surface area contributed by atoms with E-state index in [1.807, 2.05) is 0 Å². The maximum Gasteiger partial charge on any atom is -0.0192 e. The van der Waals surface area contributed by atoms with Crippen molar-refractivity contribution >= 4 is 0 Å². The van der Waals surface area contributed by atoms with E-state index in [1.54, 1.807) is 0 Å². The molecule has 0 bridgehead atoms. The van der Waals surface area contributed by atoms with Crippen molar-refractivity contribution in [3.8, 4) is 0 Å². The van der Waals surface area contributed by atoms with Crippen molar-refractivity contribution in [2.75, 3.05) is 0 Å². The van der Waals surface area contributed by atoms with E-state index in [9.17, 15) is 0 Å². The van der Waals surface area contributed by atoms with Gasteiger partial charge in [0.25, 0.3) is 0 Å². The second kappa shape index (κ2) is 14.5. The molecule has 0 aliphatic heterocycles. The summed E-state index contributed by atoms with van der Waals surface area (Å²) in [6, 6.07) is 0. The summed E-state index contributed by atoms with van der Waals surface area (Å²) in [4.78, 5) is 0. The molecule has 0 rings (SSSR count). The van der Waals surface area contributed by atoms with Crippen molar-refractivity contribution < 1.29 is 0 Å². The lowest BCUT2D eigenvalue weighted by atomic mass is 9.45. The maximum atomic E-state index is 2.66. The van der Waals surface area contributed by atoms with Crippen LogP contribution in [0, 0.1) is 51.8 Å². The van der Waals surface area contributed by atoms with Crippen LogP contribution in [0.1, 0.15) is 161 Å². The molecule has 33 heavy (non-hydrogen) atoms. The lowest BCUT2D eigenvalue weighted by Crippen LogP contribution is -2.52. The highest BCUT2D eigenvalue weighted by atomic mass is 14.6. The van der Waals surface area contributed by atoms with Crippen LogP contribution in [0.15, 0.2) is 0 Å². The largest absolute Gasteiger partial charge is 0.0654 e. The average Bonchev–Trinajstić information content (AvgIpc) is 2.75. The zero-order valence-corrected chi connectivity index (χ0v) is 26.0. The molecule has 0 radical (unpaired) electrons. The lowest BCUT2D eigenvalue weighted by Gasteiger charge is -2.59. The van der Waals surface area contributed by atoms with E-state index in [0.29, 0.717) is 16.2 Å². The van der Waals surface area contributed by atoms with Gasteiger partial charge in [0, 0.05) is 0 Å². The fourth-order valence-electron chi connectivity index (χ4n) is 8.28. The normalized spacial score (nSPS) is 19.7. The molecule has 0 nitrogen and oxygen atoms in total. The van der Waals surface area contributed by atoms with E-state index in [-0.39, 0.29) is 0 Å². The van der Waals surface area contributed by atoms with Gasteiger partial charge in [-0.3, -0.25) is 0 Å². The molecular formula is C33H68. The molecule has 0 aromatic carbocycles. The molecule has 0 aromatic rings. The van der Waals surface area contributed by atoms with E-state index in [1.165, 1.54) is 64.2 Å². The van der Waals surface area contributed by atoms with Gasteiger partial charge >= 0.3 is 0 Å². The third-order valence-electron chi connectivity index (χ3n) is 10.8. The quantitative estimate of drug-likeness (QED) is 0.189. The van der Waals surface area contributed by atoms with Crippen molar-refractivity contribution in [3.05, 3.63) is 0 Å². The Hall–Kier alpha value is 0. The Morgan fingerprint density at radius 1 is 0.606 bits per heavy atom. The monoisotopic (exact) mass is 465 g/mol. The topological polar surface area (TPSA) is 0 Å². The molecule has 0 N–H and O–H groups in total. The van der Waals surface area contributed by atoms with Crippen molar-refractivity contribution in [1.29, 1.82) is 0 Å². The van der Waals surface area contributed by atoms with E-state index >= 15 is 0 Å². The second-order valence-corrected chi connectivity index (χ2v) is 13.7. The van der Waals surface area contributed by atoms with Crippen LogP contribution < -0.4 is 0 Å². The number of unbranched alkanes of at least 4 members (excludes halogenated alkanes) is 1. The van der Waals surface area contributed by atoms with Crippen molar-refractivity contribution in [1.82, 2.24) is 0 Å². The fraction of sp³-hybridized carbons (Fsp3) is 1.00. The summed E-state index contributed by atoms with van der Waals surface area (Å²) < 4.78 is 0. The molecule has 0 aliphatic rings. The molecule has 0 amide bonds. The molecular weight excluding hydrogens is 396 g/mol.